The Morgan fingerprint density at radius 1 is 1.38 bits per heavy atom. The SMILES string of the molecule is N#C[C@@H](N)[C@@H]1CCCC(F)(F)CC1. The first-order valence-electron chi connectivity index (χ1n) is 4.58. The maximum absolute atomic E-state index is 12.9. The fraction of sp³-hybridized carbons (Fsp3) is 0.889. The molecular weight excluding hydrogens is 174 g/mol. The van der Waals surface area contributed by atoms with Gasteiger partial charge in [0.05, 0.1) is 12.1 Å². The fourth-order valence-electron chi connectivity index (χ4n) is 1.75. The Bertz CT molecular complexity index is 210. The van der Waals surface area contributed by atoms with Gasteiger partial charge in [0, 0.05) is 12.8 Å². The number of halogens is 2. The van der Waals surface area contributed by atoms with Crippen LogP contribution in [0.4, 0.5) is 8.78 Å². The van der Waals surface area contributed by atoms with Crippen LogP contribution in [-0.2, 0) is 0 Å². The molecule has 2 N–H and O–H groups in total. The summed E-state index contributed by atoms with van der Waals surface area (Å²) in [6.45, 7) is 0. The van der Waals surface area contributed by atoms with E-state index < -0.39 is 12.0 Å². The Hall–Kier alpha value is -0.690. The van der Waals surface area contributed by atoms with E-state index in [2.05, 4.69) is 0 Å². The highest BCUT2D eigenvalue weighted by Crippen LogP contribution is 2.35. The van der Waals surface area contributed by atoms with E-state index in [0.29, 0.717) is 19.3 Å². The van der Waals surface area contributed by atoms with Crippen LogP contribution in [0.25, 0.3) is 0 Å². The molecule has 0 bridgehead atoms. The molecule has 1 aliphatic rings. The first-order chi connectivity index (χ1) is 6.05. The van der Waals surface area contributed by atoms with E-state index in [-0.39, 0.29) is 18.8 Å². The average Bonchev–Trinajstić information content (AvgIpc) is 2.25. The number of hydrogen-bond donors (Lipinski definition) is 1. The van der Waals surface area contributed by atoms with Gasteiger partial charge in [-0.3, -0.25) is 0 Å². The Balaban J connectivity index is 2.51. The summed E-state index contributed by atoms with van der Waals surface area (Å²) in [5.74, 6) is -2.58. The molecule has 74 valence electrons. The van der Waals surface area contributed by atoms with Gasteiger partial charge in [-0.2, -0.15) is 5.26 Å². The third-order valence-electron chi connectivity index (χ3n) is 2.66. The van der Waals surface area contributed by atoms with Gasteiger partial charge in [0.25, 0.3) is 0 Å². The van der Waals surface area contributed by atoms with E-state index in [4.69, 9.17) is 11.0 Å². The molecule has 1 fully saturated rings. The van der Waals surface area contributed by atoms with Crippen LogP contribution in [0.2, 0.25) is 0 Å². The zero-order valence-corrected chi connectivity index (χ0v) is 7.47. The zero-order valence-electron chi connectivity index (χ0n) is 7.47. The minimum atomic E-state index is -2.54. The van der Waals surface area contributed by atoms with Crippen molar-refractivity contribution >= 4 is 0 Å². The lowest BCUT2D eigenvalue weighted by Gasteiger charge is -2.16. The maximum atomic E-state index is 12.9. The van der Waals surface area contributed by atoms with Crippen LogP contribution in [0.5, 0.6) is 0 Å². The Labute approximate surface area is 76.7 Å². The van der Waals surface area contributed by atoms with E-state index in [1.165, 1.54) is 0 Å². The highest BCUT2D eigenvalue weighted by atomic mass is 19.3. The number of alkyl halides is 2. The summed E-state index contributed by atoms with van der Waals surface area (Å²) in [4.78, 5) is 0. The Morgan fingerprint density at radius 2 is 2.08 bits per heavy atom. The smallest absolute Gasteiger partial charge is 0.248 e. The minimum absolute atomic E-state index is 0.0432. The second kappa shape index (κ2) is 4.01. The molecule has 1 saturated carbocycles. The van der Waals surface area contributed by atoms with E-state index in [9.17, 15) is 8.78 Å². The van der Waals surface area contributed by atoms with Crippen LogP contribution in [0, 0.1) is 17.2 Å². The van der Waals surface area contributed by atoms with Crippen molar-refractivity contribution in [3.8, 4) is 6.07 Å². The van der Waals surface area contributed by atoms with Gasteiger partial charge in [-0.25, -0.2) is 8.78 Å². The van der Waals surface area contributed by atoms with Gasteiger partial charge in [-0.1, -0.05) is 0 Å². The van der Waals surface area contributed by atoms with Crippen molar-refractivity contribution in [1.82, 2.24) is 0 Å². The van der Waals surface area contributed by atoms with E-state index >= 15 is 0 Å². The second-order valence-electron chi connectivity index (χ2n) is 3.70. The standard InChI is InChI=1S/C9H14F2N2/c10-9(11)4-1-2-7(3-5-9)8(13)6-12/h7-8H,1-5,13H2/t7-,8-/m1/s1. The lowest BCUT2D eigenvalue weighted by atomic mass is 9.93. The molecule has 0 aromatic carbocycles. The molecule has 0 heterocycles. The number of nitriles is 1. The third kappa shape index (κ3) is 2.92. The molecule has 1 aliphatic carbocycles. The fourth-order valence-corrected chi connectivity index (χ4v) is 1.75. The highest BCUT2D eigenvalue weighted by molar-refractivity contribution is 4.93. The van der Waals surface area contributed by atoms with Crippen LogP contribution in [0.1, 0.15) is 32.1 Å². The van der Waals surface area contributed by atoms with Gasteiger partial charge in [0.2, 0.25) is 5.92 Å². The van der Waals surface area contributed by atoms with E-state index in [1.54, 1.807) is 0 Å². The molecule has 0 saturated heterocycles. The largest absolute Gasteiger partial charge is 0.316 e. The first kappa shape index (κ1) is 10.4. The molecule has 0 aliphatic heterocycles. The second-order valence-corrected chi connectivity index (χ2v) is 3.70. The Morgan fingerprint density at radius 3 is 2.69 bits per heavy atom. The molecule has 0 radical (unpaired) electrons. The van der Waals surface area contributed by atoms with E-state index in [0.717, 1.165) is 0 Å². The van der Waals surface area contributed by atoms with Gasteiger partial charge in [-0.05, 0) is 25.2 Å². The molecule has 0 aromatic heterocycles. The molecule has 1 rings (SSSR count). The van der Waals surface area contributed by atoms with Crippen LogP contribution >= 0.6 is 0 Å². The highest BCUT2D eigenvalue weighted by Gasteiger charge is 2.33. The lowest BCUT2D eigenvalue weighted by Crippen LogP contribution is -2.28. The van der Waals surface area contributed by atoms with E-state index in [1.807, 2.05) is 6.07 Å². The van der Waals surface area contributed by atoms with Crippen molar-refractivity contribution < 1.29 is 8.78 Å². The average molecular weight is 188 g/mol. The molecule has 2 nitrogen and oxygen atoms in total. The number of hydrogen-bond acceptors (Lipinski definition) is 2. The van der Waals surface area contributed by atoms with Crippen molar-refractivity contribution in [1.29, 1.82) is 5.26 Å². The monoisotopic (exact) mass is 188 g/mol. The van der Waals surface area contributed by atoms with Crippen molar-refractivity contribution in [2.75, 3.05) is 0 Å². The summed E-state index contributed by atoms with van der Waals surface area (Å²) in [6.07, 6.45) is 1.34. The third-order valence-corrected chi connectivity index (χ3v) is 2.66. The topological polar surface area (TPSA) is 49.8 Å². The molecule has 0 spiro atoms. The van der Waals surface area contributed by atoms with Crippen LogP contribution in [0.15, 0.2) is 0 Å². The predicted molar refractivity (Wildman–Crippen MR) is 45.1 cm³/mol. The molecule has 2 atom stereocenters. The Kier molecular flexibility index (Phi) is 3.21. The van der Waals surface area contributed by atoms with Gasteiger partial charge in [-0.15, -0.1) is 0 Å². The molecule has 13 heavy (non-hydrogen) atoms. The molecular formula is C9H14F2N2. The summed E-state index contributed by atoms with van der Waals surface area (Å²) in [7, 11) is 0. The lowest BCUT2D eigenvalue weighted by molar-refractivity contribution is -0.0148. The van der Waals surface area contributed by atoms with Crippen LogP contribution < -0.4 is 5.73 Å². The normalized spacial score (nSPS) is 30.2. The van der Waals surface area contributed by atoms with Crippen LogP contribution in [-0.4, -0.2) is 12.0 Å². The minimum Gasteiger partial charge on any atom is -0.316 e. The predicted octanol–water partition coefficient (Wildman–Crippen LogP) is 2.05. The number of nitrogens with two attached hydrogens (primary N) is 1. The molecule has 4 heteroatoms. The molecule has 0 unspecified atom stereocenters. The zero-order chi connectivity index (χ0) is 9.90. The molecule has 0 aromatic rings. The van der Waals surface area contributed by atoms with Gasteiger partial charge in [0.1, 0.15) is 0 Å². The number of nitrogens with zero attached hydrogens (tertiary/aromatic N) is 1. The van der Waals surface area contributed by atoms with Gasteiger partial charge >= 0.3 is 0 Å². The quantitative estimate of drug-likeness (QED) is 0.640. The summed E-state index contributed by atoms with van der Waals surface area (Å²) < 4.78 is 25.8. The van der Waals surface area contributed by atoms with Crippen molar-refractivity contribution in [2.45, 2.75) is 44.1 Å². The summed E-state index contributed by atoms with van der Waals surface area (Å²) in [6, 6.07) is 1.35. The summed E-state index contributed by atoms with van der Waals surface area (Å²) in [5, 5.41) is 8.55. The summed E-state index contributed by atoms with van der Waals surface area (Å²) in [5.41, 5.74) is 5.50. The first-order valence-corrected chi connectivity index (χ1v) is 4.58. The van der Waals surface area contributed by atoms with Gasteiger partial charge < -0.3 is 5.73 Å². The van der Waals surface area contributed by atoms with Gasteiger partial charge in [0.15, 0.2) is 0 Å². The van der Waals surface area contributed by atoms with Crippen molar-refractivity contribution in [3.63, 3.8) is 0 Å². The summed E-state index contributed by atoms with van der Waals surface area (Å²) >= 11 is 0. The maximum Gasteiger partial charge on any atom is 0.248 e. The molecule has 0 amide bonds. The number of rotatable bonds is 1. The van der Waals surface area contributed by atoms with Crippen molar-refractivity contribution in [3.05, 3.63) is 0 Å². The van der Waals surface area contributed by atoms with Crippen molar-refractivity contribution in [2.24, 2.45) is 11.7 Å². The van der Waals surface area contributed by atoms with Crippen LogP contribution in [0.3, 0.4) is 0 Å².